The minimum absolute atomic E-state index is 0.149. The van der Waals surface area contributed by atoms with Crippen molar-refractivity contribution in [2.45, 2.75) is 77.2 Å². The van der Waals surface area contributed by atoms with Crippen molar-refractivity contribution >= 4 is 5.78 Å². The Bertz CT molecular complexity index is 522. The van der Waals surface area contributed by atoms with E-state index in [9.17, 15) is 9.90 Å². The van der Waals surface area contributed by atoms with Gasteiger partial charge in [0.25, 0.3) is 0 Å². The van der Waals surface area contributed by atoms with Gasteiger partial charge in [-0.1, -0.05) is 19.4 Å². The third-order valence-electron chi connectivity index (χ3n) is 7.94. The Kier molecular flexibility index (Phi) is 2.81. The Morgan fingerprint density at radius 3 is 2.67 bits per heavy atom. The second-order valence-electron chi connectivity index (χ2n) is 8.68. The second kappa shape index (κ2) is 4.22. The van der Waals surface area contributed by atoms with Crippen LogP contribution in [0.1, 0.15) is 71.6 Å². The molecule has 0 radical (unpaired) electrons. The van der Waals surface area contributed by atoms with Crippen LogP contribution in [0.5, 0.6) is 0 Å². The average Bonchev–Trinajstić information content (AvgIpc) is 2.75. The zero-order valence-corrected chi connectivity index (χ0v) is 13.5. The highest BCUT2D eigenvalue weighted by molar-refractivity contribution is 5.91. The molecule has 21 heavy (non-hydrogen) atoms. The minimum atomic E-state index is -0.439. The first-order valence-electron chi connectivity index (χ1n) is 8.85. The molecule has 0 aromatic rings. The van der Waals surface area contributed by atoms with Crippen LogP contribution in [-0.4, -0.2) is 16.5 Å². The fraction of sp³-hybridized carbons (Fsp3) is 0.842. The summed E-state index contributed by atoms with van der Waals surface area (Å²) in [7, 11) is 0. The molecule has 1 N–H and O–H groups in total. The van der Waals surface area contributed by atoms with E-state index in [0.29, 0.717) is 24.0 Å². The quantitative estimate of drug-likeness (QED) is 0.731. The highest BCUT2D eigenvalue weighted by atomic mass is 16.3. The van der Waals surface area contributed by atoms with Crippen molar-refractivity contribution < 1.29 is 9.90 Å². The van der Waals surface area contributed by atoms with Crippen LogP contribution in [-0.2, 0) is 4.79 Å². The zero-order valence-electron chi connectivity index (χ0n) is 13.5. The number of hydrogen-bond donors (Lipinski definition) is 1. The highest BCUT2D eigenvalue weighted by Gasteiger charge is 2.63. The molecule has 0 amide bonds. The Morgan fingerprint density at radius 1 is 1.05 bits per heavy atom. The monoisotopic (exact) mass is 288 g/mol. The van der Waals surface area contributed by atoms with Gasteiger partial charge < -0.3 is 5.11 Å². The normalized spacial score (nSPS) is 52.7. The fourth-order valence-corrected chi connectivity index (χ4v) is 6.52. The number of carbonyl (C=O) groups is 1. The summed E-state index contributed by atoms with van der Waals surface area (Å²) in [5.74, 6) is 1.36. The van der Waals surface area contributed by atoms with Gasteiger partial charge in [0.1, 0.15) is 0 Å². The number of allylic oxidation sites excluding steroid dienone is 1. The second-order valence-corrected chi connectivity index (χ2v) is 8.68. The van der Waals surface area contributed by atoms with Crippen molar-refractivity contribution in [3.05, 3.63) is 11.6 Å². The Balaban J connectivity index is 1.74. The summed E-state index contributed by atoms with van der Waals surface area (Å²) in [6.07, 6.45) is 11.6. The molecule has 0 aliphatic heterocycles. The Labute approximate surface area is 128 Å². The predicted octanol–water partition coefficient (Wildman–Crippen LogP) is 4.02. The number of rotatable bonds is 0. The van der Waals surface area contributed by atoms with E-state index in [2.05, 4.69) is 13.8 Å². The van der Waals surface area contributed by atoms with Crippen LogP contribution in [0, 0.1) is 22.7 Å². The van der Waals surface area contributed by atoms with Crippen molar-refractivity contribution in [2.24, 2.45) is 22.7 Å². The predicted molar refractivity (Wildman–Crippen MR) is 82.8 cm³/mol. The third kappa shape index (κ3) is 1.66. The maximum absolute atomic E-state index is 11.8. The lowest BCUT2D eigenvalue weighted by Gasteiger charge is -2.60. The molecule has 0 bridgehead atoms. The fourth-order valence-electron chi connectivity index (χ4n) is 6.52. The van der Waals surface area contributed by atoms with Crippen LogP contribution in [0.15, 0.2) is 11.6 Å². The van der Waals surface area contributed by atoms with E-state index in [-0.39, 0.29) is 10.8 Å². The highest BCUT2D eigenvalue weighted by Crippen LogP contribution is 2.66. The van der Waals surface area contributed by atoms with Gasteiger partial charge in [-0.15, -0.1) is 0 Å². The van der Waals surface area contributed by atoms with Gasteiger partial charge in [0.15, 0.2) is 5.78 Å². The molecule has 0 aromatic heterocycles. The van der Waals surface area contributed by atoms with Gasteiger partial charge in [-0.05, 0) is 80.1 Å². The van der Waals surface area contributed by atoms with Gasteiger partial charge in [0.2, 0.25) is 0 Å². The molecule has 4 rings (SSSR count). The largest absolute Gasteiger partial charge is 0.389 e. The molecule has 5 atom stereocenters. The third-order valence-corrected chi connectivity index (χ3v) is 7.94. The van der Waals surface area contributed by atoms with Gasteiger partial charge in [0, 0.05) is 6.42 Å². The molecule has 0 aromatic carbocycles. The molecule has 3 fully saturated rings. The molecule has 4 aliphatic carbocycles. The van der Waals surface area contributed by atoms with Crippen LogP contribution in [0.3, 0.4) is 0 Å². The van der Waals surface area contributed by atoms with Gasteiger partial charge in [0.05, 0.1) is 5.60 Å². The number of ketones is 1. The van der Waals surface area contributed by atoms with E-state index < -0.39 is 5.60 Å². The molecule has 116 valence electrons. The summed E-state index contributed by atoms with van der Waals surface area (Å²) >= 11 is 0. The van der Waals surface area contributed by atoms with Gasteiger partial charge in [-0.3, -0.25) is 4.79 Å². The van der Waals surface area contributed by atoms with Crippen molar-refractivity contribution in [1.29, 1.82) is 0 Å². The first-order valence-corrected chi connectivity index (χ1v) is 8.85. The van der Waals surface area contributed by atoms with Crippen molar-refractivity contribution in [3.8, 4) is 0 Å². The van der Waals surface area contributed by atoms with Crippen molar-refractivity contribution in [3.63, 3.8) is 0 Å². The molecule has 0 unspecified atom stereocenters. The van der Waals surface area contributed by atoms with Crippen LogP contribution in [0.25, 0.3) is 0 Å². The topological polar surface area (TPSA) is 37.3 Å². The number of carbonyl (C=O) groups excluding carboxylic acids is 1. The first kappa shape index (κ1) is 14.0. The van der Waals surface area contributed by atoms with Gasteiger partial charge in [-0.25, -0.2) is 0 Å². The van der Waals surface area contributed by atoms with E-state index in [1.54, 1.807) is 0 Å². The summed E-state index contributed by atoms with van der Waals surface area (Å²) in [5, 5.41) is 11.5. The van der Waals surface area contributed by atoms with Gasteiger partial charge in [-0.2, -0.15) is 0 Å². The standard InChI is InChI=1S/C19H28O2/c1-17-8-3-9-19(17,21)16-5-4-13-12-14(20)6-11-18(13,2)15(16)7-10-17/h12,15-16,21H,3-11H2,1-2H3/t15-,16+,17-,18-,19+/m1/s1. The first-order chi connectivity index (χ1) is 9.89. The molecular weight excluding hydrogens is 260 g/mol. The molecular formula is C19H28O2. The molecule has 0 saturated heterocycles. The summed E-state index contributed by atoms with van der Waals surface area (Å²) < 4.78 is 0. The number of fused-ring (bicyclic) bond motifs is 5. The van der Waals surface area contributed by atoms with Gasteiger partial charge >= 0.3 is 0 Å². The Hall–Kier alpha value is -0.630. The van der Waals surface area contributed by atoms with Crippen molar-refractivity contribution in [2.75, 3.05) is 0 Å². The number of aliphatic hydroxyl groups is 1. The molecule has 4 aliphatic rings. The number of hydrogen-bond acceptors (Lipinski definition) is 2. The van der Waals surface area contributed by atoms with Crippen LogP contribution in [0.4, 0.5) is 0 Å². The SMILES string of the molecule is C[C@]12CCC[C@]1(O)[C@H]1CCC3=CC(=O)CC[C@@]3(C)[C@@H]1CC2. The van der Waals surface area contributed by atoms with Crippen LogP contribution in [0.2, 0.25) is 0 Å². The van der Waals surface area contributed by atoms with E-state index in [1.165, 1.54) is 31.3 Å². The molecule has 2 nitrogen and oxygen atoms in total. The molecule has 0 heterocycles. The van der Waals surface area contributed by atoms with E-state index in [4.69, 9.17) is 0 Å². The average molecular weight is 288 g/mol. The summed E-state index contributed by atoms with van der Waals surface area (Å²) in [4.78, 5) is 11.8. The maximum atomic E-state index is 11.8. The van der Waals surface area contributed by atoms with Crippen molar-refractivity contribution in [1.82, 2.24) is 0 Å². The van der Waals surface area contributed by atoms with E-state index >= 15 is 0 Å². The molecule has 2 heteroatoms. The van der Waals surface area contributed by atoms with Crippen LogP contribution >= 0.6 is 0 Å². The summed E-state index contributed by atoms with van der Waals surface area (Å²) in [6.45, 7) is 4.71. The minimum Gasteiger partial charge on any atom is -0.389 e. The van der Waals surface area contributed by atoms with E-state index in [1.807, 2.05) is 6.08 Å². The zero-order chi connectivity index (χ0) is 14.9. The molecule has 3 saturated carbocycles. The summed E-state index contributed by atoms with van der Waals surface area (Å²) in [5.41, 5.74) is 1.28. The van der Waals surface area contributed by atoms with E-state index in [0.717, 1.165) is 25.7 Å². The maximum Gasteiger partial charge on any atom is 0.155 e. The lowest BCUT2D eigenvalue weighted by atomic mass is 9.46. The smallest absolute Gasteiger partial charge is 0.155 e. The van der Waals surface area contributed by atoms with Crippen LogP contribution < -0.4 is 0 Å². The lowest BCUT2D eigenvalue weighted by molar-refractivity contribution is -0.173. The molecule has 0 spiro atoms. The lowest BCUT2D eigenvalue weighted by Crippen LogP contribution is -2.59. The summed E-state index contributed by atoms with van der Waals surface area (Å²) in [6, 6.07) is 0. The Morgan fingerprint density at radius 2 is 1.86 bits per heavy atom.